The molecule has 0 aliphatic carbocycles. The normalized spacial score (nSPS) is 10.5. The molecule has 3 heterocycles. The summed E-state index contributed by atoms with van der Waals surface area (Å²) in [6, 6.07) is 5.55. The standard InChI is InChI=1S/C14H16N4OS.C2H6/c1-3-4-7-11-15-14(10-6-5-8-20-10)16-12-9-13(19)17(2)18(11)12;1-2/h5-6,8-9H,3-4,7H2,1-2H3;1-2H3. The van der Waals surface area contributed by atoms with E-state index in [2.05, 4.69) is 16.9 Å². The number of hydrogen-bond donors (Lipinski definition) is 0. The van der Waals surface area contributed by atoms with E-state index in [9.17, 15) is 4.79 Å². The van der Waals surface area contributed by atoms with Gasteiger partial charge in [-0.3, -0.25) is 4.79 Å². The van der Waals surface area contributed by atoms with E-state index in [0.29, 0.717) is 11.5 Å². The van der Waals surface area contributed by atoms with Gasteiger partial charge in [-0.1, -0.05) is 33.3 Å². The number of nitrogens with zero attached hydrogens (tertiary/aromatic N) is 4. The van der Waals surface area contributed by atoms with Gasteiger partial charge in [0.15, 0.2) is 11.5 Å². The third kappa shape index (κ3) is 3.11. The number of fused-ring (bicyclic) bond motifs is 1. The van der Waals surface area contributed by atoms with Crippen LogP contribution < -0.4 is 5.56 Å². The van der Waals surface area contributed by atoms with E-state index < -0.39 is 0 Å². The van der Waals surface area contributed by atoms with Crippen LogP contribution in [-0.4, -0.2) is 19.2 Å². The molecule has 3 rings (SSSR count). The van der Waals surface area contributed by atoms with Crippen LogP contribution in [0.1, 0.15) is 39.4 Å². The minimum Gasteiger partial charge on any atom is -0.268 e. The van der Waals surface area contributed by atoms with Gasteiger partial charge in [-0.05, 0) is 17.9 Å². The molecule has 118 valence electrons. The molecule has 0 saturated heterocycles. The Morgan fingerprint density at radius 1 is 1.27 bits per heavy atom. The highest BCUT2D eigenvalue weighted by molar-refractivity contribution is 7.13. The second-order valence-corrected chi connectivity index (χ2v) is 5.67. The minimum absolute atomic E-state index is 0.0552. The molecule has 0 N–H and O–H groups in total. The Bertz CT molecular complexity index is 786. The van der Waals surface area contributed by atoms with Gasteiger partial charge in [0, 0.05) is 19.5 Å². The first-order valence-electron chi connectivity index (χ1n) is 7.70. The molecular formula is C16H22N4OS. The zero-order valence-electron chi connectivity index (χ0n) is 13.5. The number of thiophene rings is 1. The molecule has 0 unspecified atom stereocenters. The van der Waals surface area contributed by atoms with Crippen LogP contribution in [-0.2, 0) is 13.5 Å². The topological polar surface area (TPSA) is 52.2 Å². The van der Waals surface area contributed by atoms with Crippen molar-refractivity contribution < 1.29 is 0 Å². The van der Waals surface area contributed by atoms with Gasteiger partial charge in [-0.15, -0.1) is 11.3 Å². The second kappa shape index (κ2) is 7.35. The predicted octanol–water partition coefficient (Wildman–Crippen LogP) is 3.53. The molecule has 0 aromatic carbocycles. The molecule has 0 aliphatic rings. The molecule has 6 heteroatoms. The van der Waals surface area contributed by atoms with E-state index >= 15 is 0 Å². The maximum Gasteiger partial charge on any atom is 0.269 e. The molecule has 0 radical (unpaired) electrons. The molecule has 3 aromatic heterocycles. The largest absolute Gasteiger partial charge is 0.269 e. The molecule has 0 amide bonds. The number of hydrogen-bond acceptors (Lipinski definition) is 4. The van der Waals surface area contributed by atoms with Gasteiger partial charge in [0.25, 0.3) is 5.56 Å². The Kier molecular flexibility index (Phi) is 5.49. The van der Waals surface area contributed by atoms with E-state index in [1.165, 1.54) is 0 Å². The Balaban J connectivity index is 0.000000847. The fourth-order valence-electron chi connectivity index (χ4n) is 2.22. The zero-order chi connectivity index (χ0) is 16.1. The smallest absolute Gasteiger partial charge is 0.268 e. The zero-order valence-corrected chi connectivity index (χ0v) is 14.4. The van der Waals surface area contributed by atoms with Crippen LogP contribution >= 0.6 is 11.3 Å². The van der Waals surface area contributed by atoms with Crippen molar-refractivity contribution in [2.45, 2.75) is 40.0 Å². The summed E-state index contributed by atoms with van der Waals surface area (Å²) >= 11 is 1.61. The van der Waals surface area contributed by atoms with Crippen LogP contribution in [0.3, 0.4) is 0 Å². The molecular weight excluding hydrogens is 296 g/mol. The quantitative estimate of drug-likeness (QED) is 0.739. The maximum atomic E-state index is 11.8. The van der Waals surface area contributed by atoms with Gasteiger partial charge in [-0.25, -0.2) is 19.2 Å². The maximum absolute atomic E-state index is 11.8. The number of rotatable bonds is 4. The van der Waals surface area contributed by atoms with Crippen molar-refractivity contribution in [3.8, 4) is 10.7 Å². The number of aryl methyl sites for hydroxylation is 2. The van der Waals surface area contributed by atoms with Crippen LogP contribution in [0.4, 0.5) is 0 Å². The van der Waals surface area contributed by atoms with Crippen molar-refractivity contribution in [1.29, 1.82) is 0 Å². The van der Waals surface area contributed by atoms with Crippen LogP contribution in [0.25, 0.3) is 16.3 Å². The summed E-state index contributed by atoms with van der Waals surface area (Å²) in [5.41, 5.74) is 0.613. The summed E-state index contributed by atoms with van der Waals surface area (Å²) in [5.74, 6) is 1.60. The van der Waals surface area contributed by atoms with Gasteiger partial charge >= 0.3 is 0 Å². The van der Waals surface area contributed by atoms with Gasteiger partial charge < -0.3 is 0 Å². The van der Waals surface area contributed by atoms with E-state index in [-0.39, 0.29) is 5.56 Å². The molecule has 0 atom stereocenters. The Hall–Kier alpha value is -1.95. The molecule has 5 nitrogen and oxygen atoms in total. The van der Waals surface area contributed by atoms with E-state index in [0.717, 1.165) is 30.0 Å². The molecule has 22 heavy (non-hydrogen) atoms. The monoisotopic (exact) mass is 318 g/mol. The lowest BCUT2D eigenvalue weighted by atomic mass is 10.2. The molecule has 0 aliphatic heterocycles. The van der Waals surface area contributed by atoms with Crippen LogP contribution in [0, 0.1) is 0 Å². The van der Waals surface area contributed by atoms with E-state index in [1.54, 1.807) is 29.1 Å². The highest BCUT2D eigenvalue weighted by atomic mass is 32.1. The van der Waals surface area contributed by atoms with Gasteiger partial charge in [0.2, 0.25) is 0 Å². The predicted molar refractivity (Wildman–Crippen MR) is 91.5 cm³/mol. The minimum atomic E-state index is -0.0552. The first kappa shape index (κ1) is 16.4. The summed E-state index contributed by atoms with van der Waals surface area (Å²) < 4.78 is 3.38. The molecule has 0 bridgehead atoms. The Morgan fingerprint density at radius 2 is 2.05 bits per heavy atom. The van der Waals surface area contributed by atoms with Gasteiger partial charge in [0.05, 0.1) is 4.88 Å². The van der Waals surface area contributed by atoms with Crippen molar-refractivity contribution in [1.82, 2.24) is 19.2 Å². The van der Waals surface area contributed by atoms with Crippen molar-refractivity contribution in [3.05, 3.63) is 39.8 Å². The molecule has 0 spiro atoms. The van der Waals surface area contributed by atoms with E-state index in [4.69, 9.17) is 0 Å². The lowest BCUT2D eigenvalue weighted by Crippen LogP contribution is -2.18. The van der Waals surface area contributed by atoms with Gasteiger partial charge in [-0.2, -0.15) is 0 Å². The van der Waals surface area contributed by atoms with Crippen LogP contribution in [0.15, 0.2) is 28.4 Å². The molecule has 0 saturated carbocycles. The average Bonchev–Trinajstić information content (AvgIpc) is 3.16. The molecule has 3 aromatic rings. The lowest BCUT2D eigenvalue weighted by molar-refractivity contribution is 0.610. The fourth-order valence-corrected chi connectivity index (χ4v) is 2.88. The van der Waals surface area contributed by atoms with Crippen molar-refractivity contribution in [3.63, 3.8) is 0 Å². The van der Waals surface area contributed by atoms with E-state index in [1.807, 2.05) is 35.9 Å². The van der Waals surface area contributed by atoms with Crippen molar-refractivity contribution in [2.75, 3.05) is 0 Å². The first-order chi connectivity index (χ1) is 10.7. The number of unbranched alkanes of at least 4 members (excludes halogenated alkanes) is 1. The van der Waals surface area contributed by atoms with Crippen LogP contribution in [0.5, 0.6) is 0 Å². The third-order valence-corrected chi connectivity index (χ3v) is 4.15. The van der Waals surface area contributed by atoms with Crippen molar-refractivity contribution in [2.24, 2.45) is 7.05 Å². The van der Waals surface area contributed by atoms with Crippen LogP contribution in [0.2, 0.25) is 0 Å². The highest BCUT2D eigenvalue weighted by Gasteiger charge is 2.13. The molecule has 0 fully saturated rings. The fraction of sp³-hybridized carbons (Fsp3) is 0.438. The Morgan fingerprint density at radius 3 is 2.68 bits per heavy atom. The number of aromatic nitrogens is 4. The Labute approximate surface area is 134 Å². The first-order valence-corrected chi connectivity index (χ1v) is 8.58. The average molecular weight is 318 g/mol. The highest BCUT2D eigenvalue weighted by Crippen LogP contribution is 2.22. The SMILES string of the molecule is CC.CCCCc1nc(-c2cccs2)nc2cc(=O)n(C)n12. The van der Waals surface area contributed by atoms with Crippen molar-refractivity contribution >= 4 is 17.0 Å². The summed E-state index contributed by atoms with van der Waals surface area (Å²) in [7, 11) is 1.75. The third-order valence-electron chi connectivity index (χ3n) is 3.28. The van der Waals surface area contributed by atoms with Gasteiger partial charge in [0.1, 0.15) is 5.82 Å². The summed E-state index contributed by atoms with van der Waals surface area (Å²) in [5, 5.41) is 2.01. The second-order valence-electron chi connectivity index (χ2n) is 4.72. The summed E-state index contributed by atoms with van der Waals surface area (Å²) in [6.45, 7) is 6.15. The lowest BCUT2D eigenvalue weighted by Gasteiger charge is -2.08. The summed E-state index contributed by atoms with van der Waals surface area (Å²) in [6.07, 6.45) is 2.98. The summed E-state index contributed by atoms with van der Waals surface area (Å²) in [4.78, 5) is 22.0.